The zero-order chi connectivity index (χ0) is 22.8. The van der Waals surface area contributed by atoms with Crippen LogP contribution in [-0.2, 0) is 19.4 Å². The van der Waals surface area contributed by atoms with Crippen molar-refractivity contribution in [1.29, 1.82) is 0 Å². The maximum absolute atomic E-state index is 13.4. The van der Waals surface area contributed by atoms with Gasteiger partial charge in [-0.15, -0.1) is 0 Å². The highest BCUT2D eigenvalue weighted by Crippen LogP contribution is 2.30. The number of fused-ring (bicyclic) bond motifs is 1. The molecule has 7 nitrogen and oxygen atoms in total. The molecule has 0 saturated carbocycles. The summed E-state index contributed by atoms with van der Waals surface area (Å²) in [6.07, 6.45) is 7.64. The van der Waals surface area contributed by atoms with Crippen molar-refractivity contribution in [2.45, 2.75) is 64.5 Å². The fourth-order valence-electron chi connectivity index (χ4n) is 5.83. The molecule has 1 unspecified atom stereocenters. The second kappa shape index (κ2) is 9.75. The minimum atomic E-state index is 0.162. The number of piperidine rings is 1. The number of hydrogen-bond acceptors (Lipinski definition) is 5. The fourth-order valence-corrected chi connectivity index (χ4v) is 5.83. The molecule has 5 rings (SSSR count). The predicted octanol–water partition coefficient (Wildman–Crippen LogP) is 3.18. The summed E-state index contributed by atoms with van der Waals surface area (Å²) in [5, 5.41) is 4.88. The summed E-state index contributed by atoms with van der Waals surface area (Å²) >= 11 is 0. The molecule has 3 aliphatic rings. The van der Waals surface area contributed by atoms with Gasteiger partial charge in [-0.3, -0.25) is 14.4 Å². The van der Waals surface area contributed by atoms with Crippen LogP contribution in [0.2, 0.25) is 0 Å². The summed E-state index contributed by atoms with van der Waals surface area (Å²) in [7, 11) is 0. The first kappa shape index (κ1) is 22.3. The summed E-state index contributed by atoms with van der Waals surface area (Å²) in [6, 6.07) is 8.72. The first-order valence-corrected chi connectivity index (χ1v) is 12.9. The zero-order valence-corrected chi connectivity index (χ0v) is 20.0. The second-order valence-electron chi connectivity index (χ2n) is 9.86. The summed E-state index contributed by atoms with van der Waals surface area (Å²) in [5.41, 5.74) is 11.2. The van der Waals surface area contributed by atoms with Crippen molar-refractivity contribution in [3.63, 3.8) is 0 Å². The smallest absolute Gasteiger partial charge is 0.274 e. The van der Waals surface area contributed by atoms with Gasteiger partial charge < -0.3 is 15.5 Å². The Hall–Kier alpha value is -2.54. The van der Waals surface area contributed by atoms with E-state index in [9.17, 15) is 4.79 Å². The monoisotopic (exact) mass is 450 g/mol. The Kier molecular flexibility index (Phi) is 6.58. The number of likely N-dealkylation sites (tertiary alicyclic amines) is 1. The summed E-state index contributed by atoms with van der Waals surface area (Å²) in [4.78, 5) is 20.6. The highest BCUT2D eigenvalue weighted by atomic mass is 16.2. The quantitative estimate of drug-likeness (QED) is 0.709. The molecule has 1 amide bonds. The second-order valence-corrected chi connectivity index (χ2v) is 9.86. The molecular weight excluding hydrogens is 412 g/mol. The van der Waals surface area contributed by atoms with E-state index in [2.05, 4.69) is 33.5 Å². The molecule has 2 aromatic rings. The molecule has 2 saturated heterocycles. The average molecular weight is 451 g/mol. The van der Waals surface area contributed by atoms with E-state index in [1.807, 2.05) is 17.0 Å². The van der Waals surface area contributed by atoms with Crippen LogP contribution in [0.1, 0.15) is 60.8 Å². The molecule has 2 fully saturated rings. The number of nitrogens with zero attached hydrogens (tertiary/aromatic N) is 5. The Morgan fingerprint density at radius 1 is 1.03 bits per heavy atom. The molecule has 2 aliphatic heterocycles. The number of aryl methyl sites for hydroxylation is 1. The molecule has 1 aromatic carbocycles. The Morgan fingerprint density at radius 2 is 1.76 bits per heavy atom. The van der Waals surface area contributed by atoms with E-state index in [0.717, 1.165) is 95.7 Å². The van der Waals surface area contributed by atoms with Crippen molar-refractivity contribution >= 4 is 17.3 Å². The number of nitrogens with two attached hydrogens (primary N) is 1. The molecule has 2 N–H and O–H groups in total. The lowest BCUT2D eigenvalue weighted by Crippen LogP contribution is -2.52. The van der Waals surface area contributed by atoms with Gasteiger partial charge >= 0.3 is 0 Å². The molecule has 1 aliphatic carbocycles. The van der Waals surface area contributed by atoms with Gasteiger partial charge in [0.25, 0.3) is 5.91 Å². The van der Waals surface area contributed by atoms with E-state index in [1.54, 1.807) is 0 Å². The maximum atomic E-state index is 13.4. The van der Waals surface area contributed by atoms with Crippen molar-refractivity contribution in [3.8, 4) is 0 Å². The van der Waals surface area contributed by atoms with Gasteiger partial charge in [0.05, 0.1) is 0 Å². The van der Waals surface area contributed by atoms with Crippen molar-refractivity contribution in [2.75, 3.05) is 49.9 Å². The number of piperazine rings is 1. The fraction of sp³-hybridized carbons (Fsp3) is 0.615. The average Bonchev–Trinajstić information content (AvgIpc) is 3.22. The molecule has 1 atom stereocenters. The zero-order valence-electron chi connectivity index (χ0n) is 20.0. The number of hydrogen-bond donors (Lipinski definition) is 1. The standard InChI is InChI=1S/C26H38N6O/c1-2-12-32-24-11-10-22(19-23(24)25(28-32)26(33)31-13-4-3-5-14-31)30-17-15-29(16-18-30)21-8-6-20(27)7-9-21/h6-9,22H,2-5,10-19,27H2,1H3. The van der Waals surface area contributed by atoms with E-state index in [0.29, 0.717) is 6.04 Å². The SMILES string of the molecule is CCCn1nc(C(=O)N2CCCCC2)c2c1CCC(N1CCN(c3ccc(N)cc3)CC1)C2. The molecule has 0 radical (unpaired) electrons. The molecule has 0 spiro atoms. The lowest BCUT2D eigenvalue weighted by Gasteiger charge is -2.41. The van der Waals surface area contributed by atoms with E-state index in [4.69, 9.17) is 10.8 Å². The summed E-state index contributed by atoms with van der Waals surface area (Å²) in [5.74, 6) is 0.162. The van der Waals surface area contributed by atoms with Gasteiger partial charge in [-0.25, -0.2) is 0 Å². The lowest BCUT2D eigenvalue weighted by atomic mass is 9.89. The number of anilines is 2. The molecule has 178 valence electrons. The van der Waals surface area contributed by atoms with Crippen LogP contribution in [0.25, 0.3) is 0 Å². The van der Waals surface area contributed by atoms with Crippen molar-refractivity contribution in [1.82, 2.24) is 19.6 Å². The molecular formula is C26H38N6O. The number of benzene rings is 1. The highest BCUT2D eigenvalue weighted by molar-refractivity contribution is 5.94. The third kappa shape index (κ3) is 4.60. The van der Waals surface area contributed by atoms with E-state index < -0.39 is 0 Å². The summed E-state index contributed by atoms with van der Waals surface area (Å²) in [6.45, 7) is 9.03. The number of carbonyl (C=O) groups is 1. The maximum Gasteiger partial charge on any atom is 0.274 e. The van der Waals surface area contributed by atoms with Gasteiger partial charge in [0.2, 0.25) is 0 Å². The molecule has 7 heteroatoms. The van der Waals surface area contributed by atoms with Crippen LogP contribution >= 0.6 is 0 Å². The minimum Gasteiger partial charge on any atom is -0.399 e. The third-order valence-electron chi connectivity index (χ3n) is 7.69. The number of carbonyl (C=O) groups excluding carboxylic acids is 1. The van der Waals surface area contributed by atoms with Gasteiger partial charge in [-0.1, -0.05) is 6.92 Å². The van der Waals surface area contributed by atoms with Gasteiger partial charge in [0.15, 0.2) is 5.69 Å². The Morgan fingerprint density at radius 3 is 2.45 bits per heavy atom. The first-order chi connectivity index (χ1) is 16.1. The third-order valence-corrected chi connectivity index (χ3v) is 7.69. The van der Waals surface area contributed by atoms with E-state index in [-0.39, 0.29) is 5.91 Å². The van der Waals surface area contributed by atoms with Crippen LogP contribution in [-0.4, -0.2) is 70.8 Å². The van der Waals surface area contributed by atoms with Crippen LogP contribution in [0, 0.1) is 0 Å². The molecule has 1 aromatic heterocycles. The minimum absolute atomic E-state index is 0.162. The van der Waals surface area contributed by atoms with Crippen LogP contribution in [0.15, 0.2) is 24.3 Å². The lowest BCUT2D eigenvalue weighted by molar-refractivity contribution is 0.0715. The van der Waals surface area contributed by atoms with E-state index in [1.165, 1.54) is 23.4 Å². The number of amides is 1. The number of aromatic nitrogens is 2. The Balaban J connectivity index is 1.29. The summed E-state index contributed by atoms with van der Waals surface area (Å²) < 4.78 is 2.14. The normalized spacial score (nSPS) is 21.8. The van der Waals surface area contributed by atoms with Gasteiger partial charge in [-0.2, -0.15) is 5.10 Å². The van der Waals surface area contributed by atoms with E-state index >= 15 is 0 Å². The predicted molar refractivity (Wildman–Crippen MR) is 133 cm³/mol. The topological polar surface area (TPSA) is 70.6 Å². The van der Waals surface area contributed by atoms with Crippen molar-refractivity contribution in [2.24, 2.45) is 0 Å². The van der Waals surface area contributed by atoms with Crippen molar-refractivity contribution in [3.05, 3.63) is 41.2 Å². The molecule has 0 bridgehead atoms. The number of rotatable bonds is 5. The van der Waals surface area contributed by atoms with Gasteiger partial charge in [0.1, 0.15) is 0 Å². The van der Waals surface area contributed by atoms with Gasteiger partial charge in [0, 0.05) is 74.5 Å². The highest BCUT2D eigenvalue weighted by Gasteiger charge is 2.34. The Labute approximate surface area is 197 Å². The van der Waals surface area contributed by atoms with Gasteiger partial charge in [-0.05, 0) is 69.2 Å². The first-order valence-electron chi connectivity index (χ1n) is 12.9. The van der Waals surface area contributed by atoms with Crippen LogP contribution < -0.4 is 10.6 Å². The van der Waals surface area contributed by atoms with Crippen LogP contribution in [0.5, 0.6) is 0 Å². The Bertz CT molecular complexity index is 954. The number of nitrogen functional groups attached to an aromatic ring is 1. The largest absolute Gasteiger partial charge is 0.399 e. The van der Waals surface area contributed by atoms with Crippen molar-refractivity contribution < 1.29 is 4.79 Å². The molecule has 33 heavy (non-hydrogen) atoms. The van der Waals surface area contributed by atoms with Crippen LogP contribution in [0.4, 0.5) is 11.4 Å². The van der Waals surface area contributed by atoms with Crippen LogP contribution in [0.3, 0.4) is 0 Å². The molecule has 3 heterocycles.